The molecule has 0 saturated carbocycles. The van der Waals surface area contributed by atoms with Crippen LogP contribution in [-0.4, -0.2) is 12.6 Å². The Morgan fingerprint density at radius 2 is 1.90 bits per heavy atom. The number of hydrogen-bond donors (Lipinski definition) is 1. The molecule has 61 valence electrons. The van der Waals surface area contributed by atoms with E-state index in [0.29, 0.717) is 6.04 Å². The number of rotatable bonds is 5. The van der Waals surface area contributed by atoms with E-state index < -0.39 is 0 Å². The summed E-state index contributed by atoms with van der Waals surface area (Å²) in [6.07, 6.45) is 2.31. The van der Waals surface area contributed by atoms with Crippen LogP contribution < -0.4 is 5.32 Å². The molecule has 0 amide bonds. The molecule has 0 aromatic carbocycles. The molecule has 0 saturated heterocycles. The van der Waals surface area contributed by atoms with Gasteiger partial charge in [-0.2, -0.15) is 0 Å². The molecule has 1 heteroatoms. The van der Waals surface area contributed by atoms with Gasteiger partial charge < -0.3 is 5.32 Å². The van der Waals surface area contributed by atoms with E-state index in [4.69, 9.17) is 0 Å². The van der Waals surface area contributed by atoms with Crippen molar-refractivity contribution < 1.29 is 0 Å². The lowest BCUT2D eigenvalue weighted by atomic mass is 10.1. The van der Waals surface area contributed by atoms with Gasteiger partial charge in [-0.25, -0.2) is 0 Å². The Labute approximate surface area is 65.2 Å². The second kappa shape index (κ2) is 5.72. The van der Waals surface area contributed by atoms with Crippen LogP contribution in [0.25, 0.3) is 0 Å². The van der Waals surface area contributed by atoms with Gasteiger partial charge in [-0.3, -0.25) is 0 Å². The van der Waals surface area contributed by atoms with Crippen LogP contribution >= 0.6 is 0 Å². The third-order valence-corrected chi connectivity index (χ3v) is 1.68. The minimum Gasteiger partial charge on any atom is -0.315 e. The molecule has 0 aliphatic heterocycles. The number of nitrogens with one attached hydrogen (secondary N) is 1. The quantitative estimate of drug-likeness (QED) is 0.620. The van der Waals surface area contributed by atoms with Crippen LogP contribution in [0.15, 0.2) is 0 Å². The van der Waals surface area contributed by atoms with Crippen LogP contribution in [0, 0.1) is 12.8 Å². The van der Waals surface area contributed by atoms with Crippen LogP contribution in [0.3, 0.4) is 0 Å². The molecule has 0 spiro atoms. The highest BCUT2D eigenvalue weighted by Crippen LogP contribution is 2.03. The highest BCUT2D eigenvalue weighted by atomic mass is 14.9. The standard InChI is InChI=1S/C9H20N/c1-5-9(4)6-7-10-8(2)3/h8-10H,1,5-7H2,2-4H3. The summed E-state index contributed by atoms with van der Waals surface area (Å²) >= 11 is 0. The molecule has 1 radical (unpaired) electrons. The van der Waals surface area contributed by atoms with E-state index in [-0.39, 0.29) is 0 Å². The van der Waals surface area contributed by atoms with Crippen molar-refractivity contribution in [2.75, 3.05) is 6.54 Å². The van der Waals surface area contributed by atoms with E-state index in [1.807, 2.05) is 0 Å². The van der Waals surface area contributed by atoms with Crippen molar-refractivity contribution in [2.45, 2.75) is 39.7 Å². The first-order valence-electron chi connectivity index (χ1n) is 4.19. The number of hydrogen-bond acceptors (Lipinski definition) is 1. The Balaban J connectivity index is 3.03. The first-order chi connectivity index (χ1) is 4.66. The summed E-state index contributed by atoms with van der Waals surface area (Å²) in [5.74, 6) is 0.770. The van der Waals surface area contributed by atoms with Gasteiger partial charge in [0.05, 0.1) is 0 Å². The largest absolute Gasteiger partial charge is 0.315 e. The zero-order valence-corrected chi connectivity index (χ0v) is 7.48. The molecule has 0 aliphatic rings. The van der Waals surface area contributed by atoms with E-state index in [0.717, 1.165) is 18.9 Å². The molecular formula is C9H20N. The molecule has 0 fully saturated rings. The minimum absolute atomic E-state index is 0.622. The molecule has 0 bridgehead atoms. The predicted molar refractivity (Wildman–Crippen MR) is 46.9 cm³/mol. The maximum Gasteiger partial charge on any atom is 0.00103 e. The monoisotopic (exact) mass is 142 g/mol. The van der Waals surface area contributed by atoms with Gasteiger partial charge in [0.1, 0.15) is 0 Å². The van der Waals surface area contributed by atoms with Crippen LogP contribution in [-0.2, 0) is 0 Å². The highest BCUT2D eigenvalue weighted by Gasteiger charge is 1.97. The van der Waals surface area contributed by atoms with Gasteiger partial charge in [0.15, 0.2) is 0 Å². The van der Waals surface area contributed by atoms with E-state index in [1.165, 1.54) is 6.42 Å². The fraction of sp³-hybridized carbons (Fsp3) is 0.889. The Morgan fingerprint density at radius 1 is 1.30 bits per heavy atom. The van der Waals surface area contributed by atoms with Crippen molar-refractivity contribution in [1.82, 2.24) is 5.32 Å². The smallest absolute Gasteiger partial charge is 0.00103 e. The summed E-state index contributed by atoms with van der Waals surface area (Å²) < 4.78 is 0. The van der Waals surface area contributed by atoms with Crippen molar-refractivity contribution >= 4 is 0 Å². The van der Waals surface area contributed by atoms with Crippen molar-refractivity contribution in [3.05, 3.63) is 6.92 Å². The van der Waals surface area contributed by atoms with Gasteiger partial charge in [-0.1, -0.05) is 34.1 Å². The predicted octanol–water partition coefficient (Wildman–Crippen LogP) is 2.23. The molecule has 0 aromatic heterocycles. The fourth-order valence-electron chi connectivity index (χ4n) is 0.763. The third-order valence-electron chi connectivity index (χ3n) is 1.68. The Morgan fingerprint density at radius 3 is 2.30 bits per heavy atom. The lowest BCUT2D eigenvalue weighted by molar-refractivity contribution is 0.480. The summed E-state index contributed by atoms with van der Waals surface area (Å²) in [6, 6.07) is 0.622. The Kier molecular flexibility index (Phi) is 5.70. The van der Waals surface area contributed by atoms with Crippen LogP contribution in [0.2, 0.25) is 0 Å². The molecular weight excluding hydrogens is 122 g/mol. The molecule has 1 N–H and O–H groups in total. The van der Waals surface area contributed by atoms with Gasteiger partial charge >= 0.3 is 0 Å². The molecule has 1 atom stereocenters. The second-order valence-corrected chi connectivity index (χ2v) is 3.29. The van der Waals surface area contributed by atoms with Crippen LogP contribution in [0.1, 0.15) is 33.6 Å². The van der Waals surface area contributed by atoms with Crippen molar-refractivity contribution in [1.29, 1.82) is 0 Å². The first-order valence-corrected chi connectivity index (χ1v) is 4.19. The molecule has 0 rings (SSSR count). The van der Waals surface area contributed by atoms with Gasteiger partial charge in [0, 0.05) is 6.04 Å². The Hall–Kier alpha value is -0.0400. The zero-order chi connectivity index (χ0) is 7.98. The first kappa shape index (κ1) is 9.96. The SMILES string of the molecule is [CH2]CC(C)CCNC(C)C. The van der Waals surface area contributed by atoms with E-state index in [1.54, 1.807) is 0 Å². The third kappa shape index (κ3) is 6.09. The second-order valence-electron chi connectivity index (χ2n) is 3.29. The maximum atomic E-state index is 3.86. The molecule has 1 nitrogen and oxygen atoms in total. The van der Waals surface area contributed by atoms with E-state index in [2.05, 4.69) is 33.0 Å². The lowest BCUT2D eigenvalue weighted by Gasteiger charge is -2.10. The summed E-state index contributed by atoms with van der Waals surface area (Å²) in [4.78, 5) is 0. The molecule has 0 heterocycles. The Bertz CT molecular complexity index is 69.1. The van der Waals surface area contributed by atoms with Gasteiger partial charge in [-0.05, 0) is 18.9 Å². The average molecular weight is 142 g/mol. The van der Waals surface area contributed by atoms with E-state index >= 15 is 0 Å². The van der Waals surface area contributed by atoms with Crippen molar-refractivity contribution in [3.63, 3.8) is 0 Å². The summed E-state index contributed by atoms with van der Waals surface area (Å²) in [7, 11) is 0. The molecule has 0 aromatic rings. The van der Waals surface area contributed by atoms with Crippen molar-refractivity contribution in [3.8, 4) is 0 Å². The van der Waals surface area contributed by atoms with Gasteiger partial charge in [0.25, 0.3) is 0 Å². The molecule has 1 unspecified atom stereocenters. The fourth-order valence-corrected chi connectivity index (χ4v) is 0.763. The normalized spacial score (nSPS) is 14.1. The molecule has 10 heavy (non-hydrogen) atoms. The molecule has 0 aliphatic carbocycles. The highest BCUT2D eigenvalue weighted by molar-refractivity contribution is 4.58. The summed E-state index contributed by atoms with van der Waals surface area (Å²) in [5, 5.41) is 3.38. The van der Waals surface area contributed by atoms with Crippen LogP contribution in [0.5, 0.6) is 0 Å². The van der Waals surface area contributed by atoms with Gasteiger partial charge in [-0.15, -0.1) is 0 Å². The maximum absolute atomic E-state index is 3.86. The van der Waals surface area contributed by atoms with Crippen molar-refractivity contribution in [2.24, 2.45) is 5.92 Å². The van der Waals surface area contributed by atoms with E-state index in [9.17, 15) is 0 Å². The lowest BCUT2D eigenvalue weighted by Crippen LogP contribution is -2.24. The van der Waals surface area contributed by atoms with Gasteiger partial charge in [0.2, 0.25) is 0 Å². The zero-order valence-electron chi connectivity index (χ0n) is 7.48. The summed E-state index contributed by atoms with van der Waals surface area (Å²) in [5.41, 5.74) is 0. The van der Waals surface area contributed by atoms with Crippen LogP contribution in [0.4, 0.5) is 0 Å². The summed E-state index contributed by atoms with van der Waals surface area (Å²) in [6.45, 7) is 11.6. The average Bonchev–Trinajstić information content (AvgIpc) is 1.87. The topological polar surface area (TPSA) is 12.0 Å². The minimum atomic E-state index is 0.622.